The third-order valence-electron chi connectivity index (χ3n) is 3.13. The number of rotatable bonds is 4. The Morgan fingerprint density at radius 2 is 1.78 bits per heavy atom. The number of benzene rings is 1. The van der Waals surface area contributed by atoms with Gasteiger partial charge in [-0.15, -0.1) is 11.3 Å². The molecular formula is C15H20N2S. The van der Waals surface area contributed by atoms with Crippen LogP contribution < -0.4 is 5.73 Å². The van der Waals surface area contributed by atoms with Gasteiger partial charge in [0.1, 0.15) is 0 Å². The Balaban J connectivity index is 2.06. The second-order valence-electron chi connectivity index (χ2n) is 4.99. The monoisotopic (exact) mass is 260 g/mol. The Hall–Kier alpha value is -1.19. The molecule has 0 radical (unpaired) electrons. The maximum Gasteiger partial charge on any atom is 0.0897 e. The average molecular weight is 260 g/mol. The van der Waals surface area contributed by atoms with Crippen LogP contribution in [0.5, 0.6) is 0 Å². The fourth-order valence-corrected chi connectivity index (χ4v) is 2.60. The van der Waals surface area contributed by atoms with Crippen LogP contribution in [-0.2, 0) is 6.42 Å². The summed E-state index contributed by atoms with van der Waals surface area (Å²) >= 11 is 1.68. The summed E-state index contributed by atoms with van der Waals surface area (Å²) in [6, 6.07) is 8.66. The van der Waals surface area contributed by atoms with Crippen molar-refractivity contribution in [2.24, 2.45) is 5.73 Å². The Bertz CT molecular complexity index is 499. The molecule has 0 aliphatic rings. The van der Waals surface area contributed by atoms with Crippen LogP contribution in [0.4, 0.5) is 0 Å². The van der Waals surface area contributed by atoms with E-state index in [1.807, 2.05) is 6.92 Å². The van der Waals surface area contributed by atoms with E-state index in [2.05, 4.69) is 48.5 Å². The van der Waals surface area contributed by atoms with E-state index in [0.717, 1.165) is 17.1 Å². The minimum absolute atomic E-state index is 0.0349. The highest BCUT2D eigenvalue weighted by Crippen LogP contribution is 2.20. The lowest BCUT2D eigenvalue weighted by Gasteiger charge is -2.12. The molecule has 0 amide bonds. The molecule has 0 bridgehead atoms. The molecule has 2 nitrogen and oxygen atoms in total. The van der Waals surface area contributed by atoms with E-state index in [9.17, 15) is 0 Å². The van der Waals surface area contributed by atoms with E-state index < -0.39 is 0 Å². The second-order valence-corrected chi connectivity index (χ2v) is 6.05. The van der Waals surface area contributed by atoms with Gasteiger partial charge in [0.2, 0.25) is 0 Å². The highest BCUT2D eigenvalue weighted by Gasteiger charge is 2.09. The van der Waals surface area contributed by atoms with Crippen LogP contribution in [0, 0.1) is 6.92 Å². The number of aryl methyl sites for hydroxylation is 1. The molecule has 0 saturated heterocycles. The van der Waals surface area contributed by atoms with E-state index >= 15 is 0 Å². The third-order valence-corrected chi connectivity index (χ3v) is 3.95. The topological polar surface area (TPSA) is 38.9 Å². The predicted molar refractivity (Wildman–Crippen MR) is 78.0 cm³/mol. The van der Waals surface area contributed by atoms with Crippen molar-refractivity contribution in [3.8, 4) is 0 Å². The third kappa shape index (κ3) is 3.18. The van der Waals surface area contributed by atoms with Crippen LogP contribution in [0.15, 0.2) is 29.6 Å². The second kappa shape index (κ2) is 5.63. The van der Waals surface area contributed by atoms with Crippen molar-refractivity contribution in [1.82, 2.24) is 4.98 Å². The summed E-state index contributed by atoms with van der Waals surface area (Å²) in [5.74, 6) is 0.566. The molecule has 1 aromatic heterocycles. The van der Waals surface area contributed by atoms with Crippen molar-refractivity contribution in [1.29, 1.82) is 0 Å². The van der Waals surface area contributed by atoms with Crippen molar-refractivity contribution in [2.75, 3.05) is 0 Å². The molecule has 2 aromatic rings. The van der Waals surface area contributed by atoms with Gasteiger partial charge in [-0.05, 0) is 24.0 Å². The number of nitrogens with two attached hydrogens (primary N) is 1. The molecule has 1 unspecified atom stereocenters. The fourth-order valence-electron chi connectivity index (χ4n) is 1.97. The molecule has 0 aliphatic heterocycles. The Labute approximate surface area is 113 Å². The van der Waals surface area contributed by atoms with Gasteiger partial charge in [-0.25, -0.2) is 4.98 Å². The van der Waals surface area contributed by atoms with E-state index in [0.29, 0.717) is 5.92 Å². The number of nitrogens with zero attached hydrogens (tertiary/aromatic N) is 1. The number of hydrogen-bond acceptors (Lipinski definition) is 3. The highest BCUT2D eigenvalue weighted by atomic mass is 32.1. The van der Waals surface area contributed by atoms with Gasteiger partial charge in [-0.2, -0.15) is 0 Å². The minimum Gasteiger partial charge on any atom is -0.324 e. The zero-order valence-electron chi connectivity index (χ0n) is 11.2. The summed E-state index contributed by atoms with van der Waals surface area (Å²) in [4.78, 5) is 4.46. The lowest BCUT2D eigenvalue weighted by molar-refractivity contribution is 0.707. The molecule has 1 aromatic carbocycles. The van der Waals surface area contributed by atoms with Crippen molar-refractivity contribution in [3.63, 3.8) is 0 Å². The maximum atomic E-state index is 6.23. The molecule has 3 heteroatoms. The molecule has 2 rings (SSSR count). The zero-order chi connectivity index (χ0) is 13.1. The van der Waals surface area contributed by atoms with Gasteiger partial charge in [0.25, 0.3) is 0 Å². The molecule has 0 saturated carbocycles. The number of thiazole rings is 1. The summed E-state index contributed by atoms with van der Waals surface area (Å²) in [5.41, 5.74) is 9.86. The smallest absolute Gasteiger partial charge is 0.0897 e. The van der Waals surface area contributed by atoms with E-state index in [1.165, 1.54) is 11.1 Å². The quantitative estimate of drug-likeness (QED) is 0.907. The molecule has 18 heavy (non-hydrogen) atoms. The van der Waals surface area contributed by atoms with Gasteiger partial charge in [0.05, 0.1) is 10.7 Å². The average Bonchev–Trinajstić information content (AvgIpc) is 2.75. The van der Waals surface area contributed by atoms with Crippen molar-refractivity contribution in [2.45, 2.75) is 39.2 Å². The van der Waals surface area contributed by atoms with Crippen molar-refractivity contribution >= 4 is 11.3 Å². The van der Waals surface area contributed by atoms with Gasteiger partial charge in [0, 0.05) is 17.8 Å². The molecule has 1 heterocycles. The molecule has 96 valence electrons. The summed E-state index contributed by atoms with van der Waals surface area (Å²) in [7, 11) is 0. The van der Waals surface area contributed by atoms with Gasteiger partial charge >= 0.3 is 0 Å². The Morgan fingerprint density at radius 3 is 2.28 bits per heavy atom. The standard InChI is InChI=1S/C15H20N2S/c1-10(2)12-4-6-13(7-5-12)15(16)8-14-9-18-11(3)17-14/h4-7,9-10,15H,8,16H2,1-3H3. The maximum absolute atomic E-state index is 6.23. The first-order valence-electron chi connectivity index (χ1n) is 6.32. The van der Waals surface area contributed by atoms with Crippen molar-refractivity contribution < 1.29 is 0 Å². The summed E-state index contributed by atoms with van der Waals surface area (Å²) < 4.78 is 0. The van der Waals surface area contributed by atoms with Gasteiger partial charge < -0.3 is 5.73 Å². The summed E-state index contributed by atoms with van der Waals surface area (Å²) in [6.45, 7) is 6.43. The zero-order valence-corrected chi connectivity index (χ0v) is 12.0. The van der Waals surface area contributed by atoms with Crippen LogP contribution in [0.2, 0.25) is 0 Å². The largest absolute Gasteiger partial charge is 0.324 e. The first-order chi connectivity index (χ1) is 8.56. The van der Waals surface area contributed by atoms with Crippen molar-refractivity contribution in [3.05, 3.63) is 51.5 Å². The number of hydrogen-bond donors (Lipinski definition) is 1. The fraction of sp³-hybridized carbons (Fsp3) is 0.400. The Morgan fingerprint density at radius 1 is 1.17 bits per heavy atom. The molecule has 2 N–H and O–H groups in total. The van der Waals surface area contributed by atoms with Gasteiger partial charge in [-0.3, -0.25) is 0 Å². The predicted octanol–water partition coefficient (Wildman–Crippen LogP) is 3.82. The van der Waals surface area contributed by atoms with Crippen LogP contribution >= 0.6 is 11.3 Å². The first-order valence-corrected chi connectivity index (χ1v) is 7.20. The van der Waals surface area contributed by atoms with Crippen LogP contribution in [0.1, 0.15) is 47.6 Å². The van der Waals surface area contributed by atoms with E-state index in [-0.39, 0.29) is 6.04 Å². The molecular weight excluding hydrogens is 240 g/mol. The SMILES string of the molecule is Cc1nc(CC(N)c2ccc(C(C)C)cc2)cs1. The Kier molecular flexibility index (Phi) is 4.15. The van der Waals surface area contributed by atoms with Crippen LogP contribution in [0.25, 0.3) is 0 Å². The highest BCUT2D eigenvalue weighted by molar-refractivity contribution is 7.09. The van der Waals surface area contributed by atoms with Crippen LogP contribution in [-0.4, -0.2) is 4.98 Å². The first kappa shape index (κ1) is 13.2. The van der Waals surface area contributed by atoms with E-state index in [4.69, 9.17) is 5.73 Å². The molecule has 0 fully saturated rings. The molecule has 0 spiro atoms. The van der Waals surface area contributed by atoms with E-state index in [1.54, 1.807) is 11.3 Å². The molecule has 0 aliphatic carbocycles. The summed E-state index contributed by atoms with van der Waals surface area (Å²) in [6.07, 6.45) is 0.811. The van der Waals surface area contributed by atoms with Crippen LogP contribution in [0.3, 0.4) is 0 Å². The normalized spacial score (nSPS) is 12.9. The summed E-state index contributed by atoms with van der Waals surface area (Å²) in [5, 5.41) is 3.20. The molecule has 1 atom stereocenters. The lowest BCUT2D eigenvalue weighted by Crippen LogP contribution is -2.13. The lowest BCUT2D eigenvalue weighted by atomic mass is 9.98. The number of aromatic nitrogens is 1. The van der Waals surface area contributed by atoms with Gasteiger partial charge in [-0.1, -0.05) is 38.1 Å². The van der Waals surface area contributed by atoms with Gasteiger partial charge in [0.15, 0.2) is 0 Å². The minimum atomic E-state index is 0.0349.